The number of aliphatic hydroxyl groups is 1. The number of aliphatic hydroxyl groups excluding tert-OH is 1. The van der Waals surface area contributed by atoms with Crippen molar-refractivity contribution in [1.82, 2.24) is 0 Å². The Morgan fingerprint density at radius 1 is 1.47 bits per heavy atom. The third-order valence-corrected chi connectivity index (χ3v) is 3.08. The van der Waals surface area contributed by atoms with Crippen molar-refractivity contribution in [3.8, 4) is 0 Å². The van der Waals surface area contributed by atoms with Crippen LogP contribution in [0.5, 0.6) is 0 Å². The molecule has 1 aliphatic rings. The number of alkyl halides is 2. The maximum atomic E-state index is 13.0. The first kappa shape index (κ1) is 12.4. The summed E-state index contributed by atoms with van der Waals surface area (Å²) in [5.74, 6) is -6.59. The van der Waals surface area contributed by atoms with E-state index >= 15 is 0 Å². The predicted molar refractivity (Wildman–Crippen MR) is 49.7 cm³/mol. The van der Waals surface area contributed by atoms with Gasteiger partial charge in [0, 0.05) is 0 Å². The van der Waals surface area contributed by atoms with E-state index < -0.39 is 23.9 Å². The van der Waals surface area contributed by atoms with Gasteiger partial charge in [-0.1, -0.05) is 19.8 Å². The molecule has 0 aromatic rings. The van der Waals surface area contributed by atoms with Gasteiger partial charge in [0.25, 0.3) is 0 Å². The Morgan fingerprint density at radius 3 is 2.53 bits per heavy atom. The number of hydrogen-bond acceptors (Lipinski definition) is 2. The van der Waals surface area contributed by atoms with Gasteiger partial charge in [0.1, 0.15) is 6.10 Å². The molecule has 1 rings (SSSR count). The Hall–Kier alpha value is -0.710. The van der Waals surface area contributed by atoms with E-state index in [1.54, 1.807) is 0 Å². The average molecular weight is 222 g/mol. The summed E-state index contributed by atoms with van der Waals surface area (Å²) >= 11 is 0. The van der Waals surface area contributed by atoms with E-state index in [4.69, 9.17) is 5.11 Å². The summed E-state index contributed by atoms with van der Waals surface area (Å²) in [5.41, 5.74) is 0. The number of rotatable bonds is 3. The molecule has 0 aromatic carbocycles. The van der Waals surface area contributed by atoms with Crippen LogP contribution >= 0.6 is 0 Å². The molecule has 3 nitrogen and oxygen atoms in total. The van der Waals surface area contributed by atoms with Crippen LogP contribution in [0.1, 0.15) is 32.6 Å². The Kier molecular flexibility index (Phi) is 3.65. The van der Waals surface area contributed by atoms with Crippen LogP contribution in [0.15, 0.2) is 0 Å². The number of aliphatic carboxylic acids is 1. The number of carboxylic acid groups (broad SMARTS) is 1. The molecule has 3 atom stereocenters. The van der Waals surface area contributed by atoms with Gasteiger partial charge < -0.3 is 10.2 Å². The van der Waals surface area contributed by atoms with Crippen LogP contribution in [0, 0.1) is 11.8 Å². The minimum atomic E-state index is -4.03. The normalized spacial score (nSPS) is 29.9. The van der Waals surface area contributed by atoms with E-state index in [0.717, 1.165) is 12.8 Å². The molecule has 0 radical (unpaired) electrons. The minimum absolute atomic E-state index is 0.281. The van der Waals surface area contributed by atoms with Crippen molar-refractivity contribution in [2.75, 3.05) is 0 Å². The van der Waals surface area contributed by atoms with Crippen molar-refractivity contribution >= 4 is 5.97 Å². The number of carboxylic acids is 1. The minimum Gasteiger partial charge on any atom is -0.477 e. The number of halogens is 2. The fourth-order valence-corrected chi connectivity index (χ4v) is 2.19. The van der Waals surface area contributed by atoms with Gasteiger partial charge in [-0.3, -0.25) is 0 Å². The van der Waals surface area contributed by atoms with E-state index in [1.807, 2.05) is 6.92 Å². The highest BCUT2D eigenvalue weighted by Gasteiger charge is 2.50. The second kappa shape index (κ2) is 4.43. The van der Waals surface area contributed by atoms with Gasteiger partial charge in [-0.05, 0) is 24.7 Å². The number of hydrogen-bond donors (Lipinski definition) is 2. The summed E-state index contributed by atoms with van der Waals surface area (Å²) < 4.78 is 26.0. The van der Waals surface area contributed by atoms with Gasteiger partial charge in [-0.25, -0.2) is 4.79 Å². The molecule has 1 fully saturated rings. The summed E-state index contributed by atoms with van der Waals surface area (Å²) in [6.07, 6.45) is 0.636. The first-order valence-electron chi connectivity index (χ1n) is 5.15. The smallest absolute Gasteiger partial charge is 0.377 e. The van der Waals surface area contributed by atoms with Crippen molar-refractivity contribution in [3.05, 3.63) is 0 Å². The third kappa shape index (κ3) is 2.65. The van der Waals surface area contributed by atoms with E-state index in [1.165, 1.54) is 0 Å². The highest BCUT2D eigenvalue weighted by atomic mass is 19.3. The summed E-state index contributed by atoms with van der Waals surface area (Å²) in [4.78, 5) is 10.3. The van der Waals surface area contributed by atoms with E-state index in [9.17, 15) is 18.7 Å². The molecular weight excluding hydrogens is 206 g/mol. The SMILES string of the molecule is CC1CCCC(C(O)C(F)(F)C(=O)O)C1. The lowest BCUT2D eigenvalue weighted by atomic mass is 9.78. The van der Waals surface area contributed by atoms with Crippen molar-refractivity contribution in [3.63, 3.8) is 0 Å². The zero-order chi connectivity index (χ0) is 11.6. The third-order valence-electron chi connectivity index (χ3n) is 3.08. The second-order valence-electron chi connectivity index (χ2n) is 4.40. The first-order chi connectivity index (χ1) is 6.85. The monoisotopic (exact) mass is 222 g/mol. The molecule has 3 unspecified atom stereocenters. The van der Waals surface area contributed by atoms with Gasteiger partial charge in [0.2, 0.25) is 0 Å². The summed E-state index contributed by atoms with van der Waals surface area (Å²) in [6, 6.07) is 0. The van der Waals surface area contributed by atoms with Gasteiger partial charge in [-0.2, -0.15) is 8.78 Å². The van der Waals surface area contributed by atoms with Crippen molar-refractivity contribution in [2.45, 2.75) is 44.6 Å². The highest BCUT2D eigenvalue weighted by Crippen LogP contribution is 2.36. The summed E-state index contributed by atoms with van der Waals surface area (Å²) in [7, 11) is 0. The molecule has 0 saturated heterocycles. The van der Waals surface area contributed by atoms with Gasteiger partial charge >= 0.3 is 11.9 Å². The van der Waals surface area contributed by atoms with Crippen LogP contribution in [0.4, 0.5) is 8.78 Å². The summed E-state index contributed by atoms with van der Waals surface area (Å²) in [6.45, 7) is 1.93. The van der Waals surface area contributed by atoms with Crippen molar-refractivity contribution < 1.29 is 23.8 Å². The number of carbonyl (C=O) groups is 1. The largest absolute Gasteiger partial charge is 0.477 e. The Labute approximate surface area is 87.1 Å². The molecule has 0 spiro atoms. The van der Waals surface area contributed by atoms with Crippen molar-refractivity contribution in [2.24, 2.45) is 11.8 Å². The lowest BCUT2D eigenvalue weighted by molar-refractivity contribution is -0.190. The maximum absolute atomic E-state index is 13.0. The van der Waals surface area contributed by atoms with E-state index in [2.05, 4.69) is 0 Å². The zero-order valence-electron chi connectivity index (χ0n) is 8.62. The topological polar surface area (TPSA) is 57.5 Å². The molecule has 1 saturated carbocycles. The molecule has 0 bridgehead atoms. The second-order valence-corrected chi connectivity index (χ2v) is 4.40. The van der Waals surface area contributed by atoms with Crippen molar-refractivity contribution in [1.29, 1.82) is 0 Å². The molecule has 0 aliphatic heterocycles. The van der Waals surface area contributed by atoms with E-state index in [0.29, 0.717) is 12.8 Å². The van der Waals surface area contributed by atoms with E-state index in [-0.39, 0.29) is 5.92 Å². The summed E-state index contributed by atoms with van der Waals surface area (Å²) in [5, 5.41) is 17.7. The Bertz CT molecular complexity index is 243. The Morgan fingerprint density at radius 2 is 2.07 bits per heavy atom. The maximum Gasteiger partial charge on any atom is 0.377 e. The molecule has 1 aliphatic carbocycles. The predicted octanol–water partition coefficient (Wildman–Crippen LogP) is 1.89. The van der Waals surface area contributed by atoms with Crippen LogP contribution in [-0.4, -0.2) is 28.2 Å². The van der Waals surface area contributed by atoms with Crippen LogP contribution in [0.3, 0.4) is 0 Å². The standard InChI is InChI=1S/C10H16F2O3/c1-6-3-2-4-7(5-6)8(13)10(11,12)9(14)15/h6-8,13H,2-5H2,1H3,(H,14,15). The quantitative estimate of drug-likeness (QED) is 0.766. The molecule has 2 N–H and O–H groups in total. The first-order valence-corrected chi connectivity index (χ1v) is 5.15. The Balaban J connectivity index is 2.66. The van der Waals surface area contributed by atoms with Crippen LogP contribution in [-0.2, 0) is 4.79 Å². The molecule has 15 heavy (non-hydrogen) atoms. The van der Waals surface area contributed by atoms with Crippen LogP contribution in [0.25, 0.3) is 0 Å². The lowest BCUT2D eigenvalue weighted by Gasteiger charge is -2.32. The molecular formula is C10H16F2O3. The van der Waals surface area contributed by atoms with Gasteiger partial charge in [-0.15, -0.1) is 0 Å². The molecule has 0 heterocycles. The highest BCUT2D eigenvalue weighted by molar-refractivity contribution is 5.76. The van der Waals surface area contributed by atoms with Crippen LogP contribution < -0.4 is 0 Å². The van der Waals surface area contributed by atoms with Gasteiger partial charge in [0.05, 0.1) is 0 Å². The van der Waals surface area contributed by atoms with Gasteiger partial charge in [0.15, 0.2) is 0 Å². The molecule has 0 amide bonds. The molecule has 5 heteroatoms. The molecule has 0 aromatic heterocycles. The average Bonchev–Trinajstić information content (AvgIpc) is 2.16. The fourth-order valence-electron chi connectivity index (χ4n) is 2.19. The zero-order valence-corrected chi connectivity index (χ0v) is 8.62. The lowest BCUT2D eigenvalue weighted by Crippen LogP contribution is -2.46. The molecule has 88 valence electrons. The van der Waals surface area contributed by atoms with Crippen LogP contribution in [0.2, 0.25) is 0 Å². The fraction of sp³-hybridized carbons (Fsp3) is 0.900.